The SMILES string of the molecule is CC(C)CC(=O)N1CCC(S(=O)(=O)c2ccccc2)C1. The minimum Gasteiger partial charge on any atom is -0.341 e. The molecule has 4 nitrogen and oxygen atoms in total. The Morgan fingerprint density at radius 3 is 2.55 bits per heavy atom. The Bertz CT molecular complexity index is 566. The van der Waals surface area contributed by atoms with E-state index in [4.69, 9.17) is 0 Å². The maximum absolute atomic E-state index is 12.5. The number of carbonyl (C=O) groups is 1. The monoisotopic (exact) mass is 295 g/mol. The van der Waals surface area contributed by atoms with Crippen LogP contribution in [-0.2, 0) is 14.6 Å². The third kappa shape index (κ3) is 3.20. The summed E-state index contributed by atoms with van der Waals surface area (Å²) >= 11 is 0. The molecule has 1 fully saturated rings. The molecular weight excluding hydrogens is 274 g/mol. The van der Waals surface area contributed by atoms with Gasteiger partial charge in [-0.3, -0.25) is 4.79 Å². The molecule has 0 radical (unpaired) electrons. The van der Waals surface area contributed by atoms with Crippen LogP contribution in [-0.4, -0.2) is 37.6 Å². The van der Waals surface area contributed by atoms with Gasteiger partial charge in [-0.05, 0) is 24.5 Å². The summed E-state index contributed by atoms with van der Waals surface area (Å²) in [6.45, 7) is 4.85. The van der Waals surface area contributed by atoms with Crippen molar-refractivity contribution in [2.75, 3.05) is 13.1 Å². The van der Waals surface area contributed by atoms with Crippen molar-refractivity contribution in [1.82, 2.24) is 4.90 Å². The topological polar surface area (TPSA) is 54.5 Å². The van der Waals surface area contributed by atoms with Gasteiger partial charge < -0.3 is 4.90 Å². The van der Waals surface area contributed by atoms with Crippen molar-refractivity contribution in [3.63, 3.8) is 0 Å². The summed E-state index contributed by atoms with van der Waals surface area (Å²) in [5.74, 6) is 0.359. The van der Waals surface area contributed by atoms with Gasteiger partial charge >= 0.3 is 0 Å². The Morgan fingerprint density at radius 1 is 1.30 bits per heavy atom. The molecule has 110 valence electrons. The average molecular weight is 295 g/mol. The number of likely N-dealkylation sites (tertiary alicyclic amines) is 1. The number of rotatable bonds is 4. The van der Waals surface area contributed by atoms with Crippen LogP contribution in [0.5, 0.6) is 0 Å². The summed E-state index contributed by atoms with van der Waals surface area (Å²) in [5.41, 5.74) is 0. The van der Waals surface area contributed by atoms with Gasteiger partial charge in [0, 0.05) is 19.5 Å². The molecule has 5 heteroatoms. The normalized spacial score (nSPS) is 19.6. The van der Waals surface area contributed by atoms with Crippen LogP contribution >= 0.6 is 0 Å². The molecule has 0 saturated carbocycles. The van der Waals surface area contributed by atoms with Gasteiger partial charge in [-0.1, -0.05) is 32.0 Å². The van der Waals surface area contributed by atoms with Crippen LogP contribution in [0.1, 0.15) is 26.7 Å². The largest absolute Gasteiger partial charge is 0.341 e. The lowest BCUT2D eigenvalue weighted by molar-refractivity contribution is -0.130. The molecule has 1 amide bonds. The molecule has 1 saturated heterocycles. The fourth-order valence-electron chi connectivity index (χ4n) is 2.49. The zero-order valence-corrected chi connectivity index (χ0v) is 12.8. The predicted octanol–water partition coefficient (Wildman–Crippen LogP) is 2.11. The van der Waals surface area contributed by atoms with Gasteiger partial charge in [0.15, 0.2) is 9.84 Å². The molecule has 20 heavy (non-hydrogen) atoms. The van der Waals surface area contributed by atoms with E-state index in [-0.39, 0.29) is 5.91 Å². The standard InChI is InChI=1S/C15H21NO3S/c1-12(2)10-15(17)16-9-8-14(11-16)20(18,19)13-6-4-3-5-7-13/h3-7,12,14H,8-11H2,1-2H3. The van der Waals surface area contributed by atoms with E-state index in [1.165, 1.54) is 0 Å². The molecule has 0 bridgehead atoms. The number of hydrogen-bond donors (Lipinski definition) is 0. The van der Waals surface area contributed by atoms with Gasteiger partial charge in [0.1, 0.15) is 0 Å². The smallest absolute Gasteiger partial charge is 0.222 e. The lowest BCUT2D eigenvalue weighted by Gasteiger charge is -2.18. The first kappa shape index (κ1) is 15.0. The van der Waals surface area contributed by atoms with Crippen molar-refractivity contribution in [2.24, 2.45) is 5.92 Å². The van der Waals surface area contributed by atoms with E-state index >= 15 is 0 Å². The number of hydrogen-bond acceptors (Lipinski definition) is 3. The summed E-state index contributed by atoms with van der Waals surface area (Å²) in [6.07, 6.45) is 1.01. The highest BCUT2D eigenvalue weighted by Crippen LogP contribution is 2.24. The molecule has 1 unspecified atom stereocenters. The van der Waals surface area contributed by atoms with Crippen molar-refractivity contribution in [1.29, 1.82) is 0 Å². The molecule has 1 aliphatic heterocycles. The van der Waals surface area contributed by atoms with E-state index in [1.807, 2.05) is 13.8 Å². The highest BCUT2D eigenvalue weighted by atomic mass is 32.2. The zero-order valence-electron chi connectivity index (χ0n) is 12.0. The summed E-state index contributed by atoms with van der Waals surface area (Å²) in [4.78, 5) is 14.0. The van der Waals surface area contributed by atoms with Crippen LogP contribution in [0.25, 0.3) is 0 Å². The fraction of sp³-hybridized carbons (Fsp3) is 0.533. The molecule has 1 aliphatic rings. The Hall–Kier alpha value is -1.36. The van der Waals surface area contributed by atoms with Crippen LogP contribution < -0.4 is 0 Å². The number of nitrogens with zero attached hydrogens (tertiary/aromatic N) is 1. The molecule has 1 atom stereocenters. The Labute approximate surface area is 120 Å². The van der Waals surface area contributed by atoms with Gasteiger partial charge in [-0.2, -0.15) is 0 Å². The number of carbonyl (C=O) groups excluding carboxylic acids is 1. The molecule has 2 rings (SSSR count). The van der Waals surface area contributed by atoms with Crippen molar-refractivity contribution in [3.8, 4) is 0 Å². The minimum atomic E-state index is -3.33. The first-order valence-corrected chi connectivity index (χ1v) is 8.52. The number of amides is 1. The third-order valence-electron chi connectivity index (χ3n) is 3.59. The maximum Gasteiger partial charge on any atom is 0.222 e. The average Bonchev–Trinajstić information content (AvgIpc) is 2.89. The number of sulfone groups is 1. The third-order valence-corrected chi connectivity index (χ3v) is 5.78. The lowest BCUT2D eigenvalue weighted by Crippen LogP contribution is -2.32. The molecule has 1 heterocycles. The second kappa shape index (κ2) is 5.95. The highest BCUT2D eigenvalue weighted by molar-refractivity contribution is 7.92. The first-order valence-electron chi connectivity index (χ1n) is 6.98. The van der Waals surface area contributed by atoms with Crippen molar-refractivity contribution in [3.05, 3.63) is 30.3 Å². The molecule has 0 aromatic heterocycles. The van der Waals surface area contributed by atoms with E-state index in [0.717, 1.165) is 0 Å². The summed E-state index contributed by atoms with van der Waals surface area (Å²) < 4.78 is 25.0. The quantitative estimate of drug-likeness (QED) is 0.855. The summed E-state index contributed by atoms with van der Waals surface area (Å²) in [7, 11) is -3.33. The zero-order chi connectivity index (χ0) is 14.8. The Balaban J connectivity index is 2.08. The second-order valence-electron chi connectivity index (χ2n) is 5.71. The maximum atomic E-state index is 12.5. The van der Waals surface area contributed by atoms with E-state index < -0.39 is 15.1 Å². The summed E-state index contributed by atoms with van der Waals surface area (Å²) in [5, 5.41) is -0.471. The lowest BCUT2D eigenvalue weighted by atomic mass is 10.1. The predicted molar refractivity (Wildman–Crippen MR) is 78.1 cm³/mol. The van der Waals surface area contributed by atoms with E-state index in [0.29, 0.717) is 36.7 Å². The van der Waals surface area contributed by atoms with E-state index in [2.05, 4.69) is 0 Å². The molecular formula is C15H21NO3S. The van der Waals surface area contributed by atoms with Crippen molar-refractivity contribution < 1.29 is 13.2 Å². The van der Waals surface area contributed by atoms with Crippen molar-refractivity contribution >= 4 is 15.7 Å². The minimum absolute atomic E-state index is 0.0609. The Morgan fingerprint density at radius 2 is 1.95 bits per heavy atom. The number of benzene rings is 1. The van der Waals surface area contributed by atoms with E-state index in [9.17, 15) is 13.2 Å². The molecule has 0 spiro atoms. The molecule has 0 N–H and O–H groups in total. The second-order valence-corrected chi connectivity index (χ2v) is 7.93. The van der Waals surface area contributed by atoms with Gasteiger partial charge in [-0.15, -0.1) is 0 Å². The van der Waals surface area contributed by atoms with Gasteiger partial charge in [0.05, 0.1) is 10.1 Å². The van der Waals surface area contributed by atoms with Gasteiger partial charge in [0.25, 0.3) is 0 Å². The molecule has 1 aromatic carbocycles. The van der Waals surface area contributed by atoms with Crippen LogP contribution in [0, 0.1) is 5.92 Å². The molecule has 1 aromatic rings. The van der Waals surface area contributed by atoms with Gasteiger partial charge in [-0.25, -0.2) is 8.42 Å². The molecule has 0 aliphatic carbocycles. The summed E-state index contributed by atoms with van der Waals surface area (Å²) in [6, 6.07) is 8.49. The van der Waals surface area contributed by atoms with E-state index in [1.54, 1.807) is 35.2 Å². The Kier molecular flexibility index (Phi) is 4.48. The first-order chi connectivity index (χ1) is 9.41. The van der Waals surface area contributed by atoms with Crippen LogP contribution in [0.3, 0.4) is 0 Å². The fourth-order valence-corrected chi connectivity index (χ4v) is 4.20. The van der Waals surface area contributed by atoms with Gasteiger partial charge in [0.2, 0.25) is 5.91 Å². The van der Waals surface area contributed by atoms with Crippen molar-refractivity contribution in [2.45, 2.75) is 36.8 Å². The van der Waals surface area contributed by atoms with Crippen LogP contribution in [0.15, 0.2) is 35.2 Å². The van der Waals surface area contributed by atoms with Crippen LogP contribution in [0.4, 0.5) is 0 Å². The van der Waals surface area contributed by atoms with Crippen LogP contribution in [0.2, 0.25) is 0 Å². The highest BCUT2D eigenvalue weighted by Gasteiger charge is 2.35.